The molecule has 0 aromatic heterocycles. The van der Waals surface area contributed by atoms with Gasteiger partial charge in [0.25, 0.3) is 5.91 Å². The Morgan fingerprint density at radius 1 is 1.07 bits per heavy atom. The van der Waals surface area contributed by atoms with E-state index in [0.29, 0.717) is 32.4 Å². The molecule has 0 radical (unpaired) electrons. The van der Waals surface area contributed by atoms with Crippen molar-refractivity contribution in [2.75, 3.05) is 24.6 Å². The minimum absolute atomic E-state index is 0.0841. The van der Waals surface area contributed by atoms with Crippen LogP contribution in [0.1, 0.15) is 49.8 Å². The zero-order valence-electron chi connectivity index (χ0n) is 27.0. The van der Waals surface area contributed by atoms with Crippen molar-refractivity contribution in [3.05, 3.63) is 90.5 Å². The van der Waals surface area contributed by atoms with E-state index >= 15 is 4.79 Å². The first-order chi connectivity index (χ1) is 21.6. The minimum Gasteiger partial charge on any atom is -0.394 e. The van der Waals surface area contributed by atoms with Gasteiger partial charge in [0.05, 0.1) is 30.6 Å². The summed E-state index contributed by atoms with van der Waals surface area (Å²) in [5, 5.41) is 10.7. The van der Waals surface area contributed by atoms with E-state index in [-0.39, 0.29) is 36.8 Å². The number of aliphatic hydroxyl groups excluding tert-OH is 1. The fourth-order valence-electron chi connectivity index (χ4n) is 8.03. The molecule has 1 spiro atoms. The Labute approximate surface area is 267 Å². The Bertz CT molecular complexity index is 1420. The molecule has 0 aliphatic carbocycles. The van der Waals surface area contributed by atoms with Crippen molar-refractivity contribution in [1.29, 1.82) is 0 Å². The predicted molar refractivity (Wildman–Crippen MR) is 175 cm³/mol. The third-order valence-corrected chi connectivity index (χ3v) is 10.3. The number of aryl methyl sites for hydroxylation is 2. The third kappa shape index (κ3) is 5.52. The van der Waals surface area contributed by atoms with E-state index in [1.54, 1.807) is 26.9 Å². The number of fused-ring (bicyclic) bond motifs is 1. The van der Waals surface area contributed by atoms with E-state index in [9.17, 15) is 14.7 Å². The summed E-state index contributed by atoms with van der Waals surface area (Å²) in [4.78, 5) is 49.3. The number of likely N-dealkylation sites (tertiary alicyclic amines) is 1. The largest absolute Gasteiger partial charge is 0.394 e. The molecular formula is C37H47N3O5. The molecule has 0 saturated carbocycles. The molecule has 45 heavy (non-hydrogen) atoms. The van der Waals surface area contributed by atoms with Gasteiger partial charge in [0.15, 0.2) is 0 Å². The molecule has 2 aromatic rings. The lowest BCUT2D eigenvalue weighted by atomic mass is 9.70. The van der Waals surface area contributed by atoms with E-state index in [0.717, 1.165) is 22.4 Å². The monoisotopic (exact) mass is 613 g/mol. The number of para-hydroxylation sites is 1. The van der Waals surface area contributed by atoms with Crippen molar-refractivity contribution in [1.82, 2.24) is 9.80 Å². The molecule has 3 fully saturated rings. The number of ether oxygens (including phenoxy) is 1. The topological polar surface area (TPSA) is 90.4 Å². The van der Waals surface area contributed by atoms with Crippen molar-refractivity contribution in [3.8, 4) is 0 Å². The van der Waals surface area contributed by atoms with Gasteiger partial charge >= 0.3 is 0 Å². The molecular weight excluding hydrogens is 566 g/mol. The molecule has 3 heterocycles. The predicted octanol–water partition coefficient (Wildman–Crippen LogP) is 4.82. The van der Waals surface area contributed by atoms with E-state index in [1.165, 1.54) is 0 Å². The maximum absolute atomic E-state index is 15.0. The number of amides is 3. The van der Waals surface area contributed by atoms with Crippen LogP contribution in [0.15, 0.2) is 73.8 Å². The van der Waals surface area contributed by atoms with E-state index < -0.39 is 35.6 Å². The SMILES string of the molecule is C=CCN(Cc1ccccc1)C(=O)[C@@H]1[C@H]2C(=O)N([C@@H](CO)[C@@H](C)CC)C(C(=O)N(CC=C)c3c(C)cccc3C)C23CC[C@H]1O3. The maximum Gasteiger partial charge on any atom is 0.253 e. The first kappa shape index (κ1) is 32.6. The fourth-order valence-corrected chi connectivity index (χ4v) is 8.03. The molecule has 2 unspecified atom stereocenters. The van der Waals surface area contributed by atoms with Crippen LogP contribution < -0.4 is 4.90 Å². The lowest BCUT2D eigenvalue weighted by Gasteiger charge is -2.41. The molecule has 3 amide bonds. The van der Waals surface area contributed by atoms with Crippen LogP contribution in [0.4, 0.5) is 5.69 Å². The van der Waals surface area contributed by atoms with Gasteiger partial charge in [0.2, 0.25) is 11.8 Å². The zero-order chi connectivity index (χ0) is 32.5. The van der Waals surface area contributed by atoms with Crippen molar-refractivity contribution < 1.29 is 24.2 Å². The molecule has 2 aromatic carbocycles. The summed E-state index contributed by atoms with van der Waals surface area (Å²) in [6.45, 7) is 16.4. The van der Waals surface area contributed by atoms with Crippen LogP contribution in [-0.2, 0) is 25.7 Å². The van der Waals surface area contributed by atoms with Crippen molar-refractivity contribution in [2.24, 2.45) is 17.8 Å². The molecule has 7 atom stereocenters. The van der Waals surface area contributed by atoms with Gasteiger partial charge in [0, 0.05) is 25.3 Å². The lowest BCUT2D eigenvalue weighted by molar-refractivity contribution is -0.148. The van der Waals surface area contributed by atoms with E-state index in [4.69, 9.17) is 4.74 Å². The van der Waals surface area contributed by atoms with Crippen molar-refractivity contribution in [2.45, 2.75) is 77.3 Å². The maximum atomic E-state index is 15.0. The quantitative estimate of drug-likeness (QED) is 0.328. The summed E-state index contributed by atoms with van der Waals surface area (Å²) in [5.41, 5.74) is 2.44. The van der Waals surface area contributed by atoms with Crippen LogP contribution in [0.2, 0.25) is 0 Å². The molecule has 3 saturated heterocycles. The van der Waals surface area contributed by atoms with Gasteiger partial charge in [-0.3, -0.25) is 14.4 Å². The van der Waals surface area contributed by atoms with Crippen LogP contribution >= 0.6 is 0 Å². The van der Waals surface area contributed by atoms with Gasteiger partial charge in [0.1, 0.15) is 11.6 Å². The van der Waals surface area contributed by atoms with Gasteiger partial charge in [-0.25, -0.2) is 0 Å². The summed E-state index contributed by atoms with van der Waals surface area (Å²) in [7, 11) is 0. The van der Waals surface area contributed by atoms with Crippen LogP contribution in [-0.4, -0.2) is 76.1 Å². The minimum atomic E-state index is -1.18. The van der Waals surface area contributed by atoms with Gasteiger partial charge in [-0.1, -0.05) is 81.0 Å². The molecule has 1 N–H and O–H groups in total. The molecule has 5 rings (SSSR count). The van der Waals surface area contributed by atoms with Crippen LogP contribution in [0.5, 0.6) is 0 Å². The fraction of sp³-hybridized carbons (Fsp3) is 0.486. The summed E-state index contributed by atoms with van der Waals surface area (Å²) in [5.74, 6) is -2.38. The second kappa shape index (κ2) is 13.3. The number of aliphatic hydroxyl groups is 1. The highest BCUT2D eigenvalue weighted by atomic mass is 16.5. The normalized spacial score (nSPS) is 26.3. The summed E-state index contributed by atoms with van der Waals surface area (Å²) in [6, 6.07) is 14.0. The highest BCUT2D eigenvalue weighted by Crippen LogP contribution is 2.59. The smallest absolute Gasteiger partial charge is 0.253 e. The number of carbonyl (C=O) groups is 3. The summed E-state index contributed by atoms with van der Waals surface area (Å²) in [6.07, 6.45) is 4.67. The third-order valence-electron chi connectivity index (χ3n) is 10.3. The molecule has 240 valence electrons. The molecule has 3 aliphatic heterocycles. The Kier molecular flexibility index (Phi) is 9.65. The van der Waals surface area contributed by atoms with Crippen LogP contribution in [0, 0.1) is 31.6 Å². The van der Waals surface area contributed by atoms with Gasteiger partial charge in [-0.05, 0) is 49.3 Å². The van der Waals surface area contributed by atoms with Crippen LogP contribution in [0.3, 0.4) is 0 Å². The number of hydrogen-bond donors (Lipinski definition) is 1. The first-order valence-corrected chi connectivity index (χ1v) is 16.2. The van der Waals surface area contributed by atoms with E-state index in [2.05, 4.69) is 13.2 Å². The Morgan fingerprint density at radius 3 is 2.33 bits per heavy atom. The average Bonchev–Trinajstić information content (AvgIpc) is 3.68. The second-order valence-corrected chi connectivity index (χ2v) is 12.9. The molecule has 8 heteroatoms. The number of benzene rings is 2. The standard InChI is InChI=1S/C37H47N3O5/c1-7-20-38(22-27-16-11-10-12-17-27)34(42)30-29-18-19-37(45-29)31(30)35(43)40(28(23-41)24(4)9-3)33(37)36(44)39(21-8-2)32-25(5)14-13-15-26(32)6/h7-8,10-17,24,28-31,33,41H,1-2,9,18-23H2,3-6H3/t24-,28-,29+,30-,31-,33?,37?/m0/s1. The molecule has 3 aliphatic rings. The molecule has 2 bridgehead atoms. The average molecular weight is 614 g/mol. The number of anilines is 1. The Balaban J connectivity index is 1.61. The number of rotatable bonds is 13. The van der Waals surface area contributed by atoms with Gasteiger partial charge in [-0.15, -0.1) is 13.2 Å². The van der Waals surface area contributed by atoms with Crippen molar-refractivity contribution >= 4 is 23.4 Å². The summed E-state index contributed by atoms with van der Waals surface area (Å²) < 4.78 is 6.77. The first-order valence-electron chi connectivity index (χ1n) is 16.2. The number of nitrogens with zero attached hydrogens (tertiary/aromatic N) is 3. The Morgan fingerprint density at radius 2 is 1.73 bits per heavy atom. The number of carbonyl (C=O) groups excluding carboxylic acids is 3. The second-order valence-electron chi connectivity index (χ2n) is 12.9. The van der Waals surface area contributed by atoms with E-state index in [1.807, 2.05) is 76.2 Å². The summed E-state index contributed by atoms with van der Waals surface area (Å²) >= 11 is 0. The molecule has 8 nitrogen and oxygen atoms in total. The lowest BCUT2D eigenvalue weighted by Crippen LogP contribution is -2.60. The van der Waals surface area contributed by atoms with Crippen LogP contribution in [0.25, 0.3) is 0 Å². The highest BCUT2D eigenvalue weighted by Gasteiger charge is 2.75. The van der Waals surface area contributed by atoms with Crippen molar-refractivity contribution in [3.63, 3.8) is 0 Å². The highest BCUT2D eigenvalue weighted by molar-refractivity contribution is 6.05. The van der Waals surface area contributed by atoms with Gasteiger partial charge in [-0.2, -0.15) is 0 Å². The van der Waals surface area contributed by atoms with Gasteiger partial charge < -0.3 is 24.5 Å². The zero-order valence-corrected chi connectivity index (χ0v) is 27.0. The Hall–Kier alpha value is -3.75. The number of hydrogen-bond acceptors (Lipinski definition) is 5.